The summed E-state index contributed by atoms with van der Waals surface area (Å²) in [5.41, 5.74) is 1.53. The standard InChI is InChI=1S/C11H13ClO2S/c1-7-5-11(14-2)9(12)6-8(7)10(13)3-4-15/h5-6,15H,3-4H2,1-2H3. The minimum Gasteiger partial charge on any atom is -0.495 e. The Kier molecular flexibility index (Phi) is 4.48. The molecule has 0 fully saturated rings. The Balaban J connectivity index is 3.10. The number of benzene rings is 1. The van der Waals surface area contributed by atoms with Crippen LogP contribution in [0.15, 0.2) is 12.1 Å². The van der Waals surface area contributed by atoms with E-state index in [0.717, 1.165) is 5.56 Å². The highest BCUT2D eigenvalue weighted by Gasteiger charge is 2.12. The minimum absolute atomic E-state index is 0.0621. The van der Waals surface area contributed by atoms with Gasteiger partial charge in [0.2, 0.25) is 0 Å². The largest absolute Gasteiger partial charge is 0.495 e. The van der Waals surface area contributed by atoms with Gasteiger partial charge in [-0.05, 0) is 30.4 Å². The predicted molar refractivity (Wildman–Crippen MR) is 65.5 cm³/mol. The van der Waals surface area contributed by atoms with Crippen LogP contribution in [0.5, 0.6) is 5.75 Å². The Morgan fingerprint density at radius 3 is 2.73 bits per heavy atom. The molecular formula is C11H13ClO2S. The second-order valence-corrected chi connectivity index (χ2v) is 4.05. The van der Waals surface area contributed by atoms with Crippen molar-refractivity contribution in [3.63, 3.8) is 0 Å². The summed E-state index contributed by atoms with van der Waals surface area (Å²) < 4.78 is 5.06. The number of hydrogen-bond acceptors (Lipinski definition) is 3. The van der Waals surface area contributed by atoms with Crippen molar-refractivity contribution in [1.29, 1.82) is 0 Å². The summed E-state index contributed by atoms with van der Waals surface area (Å²) in [7, 11) is 1.55. The third kappa shape index (κ3) is 2.89. The van der Waals surface area contributed by atoms with Gasteiger partial charge in [-0.1, -0.05) is 11.6 Å². The number of methoxy groups -OCH3 is 1. The highest BCUT2D eigenvalue weighted by atomic mass is 35.5. The number of hydrogen-bond donors (Lipinski definition) is 1. The van der Waals surface area contributed by atoms with Crippen molar-refractivity contribution in [1.82, 2.24) is 0 Å². The number of carbonyl (C=O) groups is 1. The molecule has 0 aliphatic heterocycles. The van der Waals surface area contributed by atoms with Gasteiger partial charge in [0.15, 0.2) is 5.78 Å². The van der Waals surface area contributed by atoms with E-state index in [2.05, 4.69) is 12.6 Å². The van der Waals surface area contributed by atoms with Crippen LogP contribution in [0.2, 0.25) is 5.02 Å². The van der Waals surface area contributed by atoms with E-state index in [-0.39, 0.29) is 5.78 Å². The van der Waals surface area contributed by atoms with Gasteiger partial charge in [0.25, 0.3) is 0 Å². The number of ketones is 1. The maximum Gasteiger partial charge on any atom is 0.164 e. The number of thiol groups is 1. The molecule has 2 nitrogen and oxygen atoms in total. The molecule has 1 aromatic rings. The van der Waals surface area contributed by atoms with E-state index in [4.69, 9.17) is 16.3 Å². The lowest BCUT2D eigenvalue weighted by atomic mass is 10.0. The Morgan fingerprint density at radius 2 is 2.20 bits per heavy atom. The predicted octanol–water partition coefficient (Wildman–Crippen LogP) is 3.16. The smallest absolute Gasteiger partial charge is 0.164 e. The molecule has 0 saturated carbocycles. The second kappa shape index (κ2) is 5.42. The van der Waals surface area contributed by atoms with Gasteiger partial charge in [-0.25, -0.2) is 0 Å². The number of halogens is 1. The molecule has 1 rings (SSSR count). The fraction of sp³-hybridized carbons (Fsp3) is 0.364. The van der Waals surface area contributed by atoms with Crippen molar-refractivity contribution in [2.45, 2.75) is 13.3 Å². The van der Waals surface area contributed by atoms with Gasteiger partial charge in [0, 0.05) is 12.0 Å². The van der Waals surface area contributed by atoms with E-state index >= 15 is 0 Å². The van der Waals surface area contributed by atoms with Crippen molar-refractivity contribution in [3.05, 3.63) is 28.3 Å². The van der Waals surface area contributed by atoms with Gasteiger partial charge in [0.05, 0.1) is 12.1 Å². The van der Waals surface area contributed by atoms with Crippen LogP contribution >= 0.6 is 24.2 Å². The molecule has 0 radical (unpaired) electrons. The summed E-state index contributed by atoms with van der Waals surface area (Å²) in [5, 5.41) is 0.464. The maximum absolute atomic E-state index is 11.7. The SMILES string of the molecule is COc1cc(C)c(C(=O)CCS)cc1Cl. The molecular weight excluding hydrogens is 232 g/mol. The van der Waals surface area contributed by atoms with Crippen molar-refractivity contribution in [2.75, 3.05) is 12.9 Å². The molecule has 0 N–H and O–H groups in total. The average molecular weight is 245 g/mol. The molecule has 15 heavy (non-hydrogen) atoms. The molecule has 0 atom stereocenters. The molecule has 0 aromatic heterocycles. The quantitative estimate of drug-likeness (QED) is 0.651. The molecule has 0 heterocycles. The van der Waals surface area contributed by atoms with Crippen LogP contribution in [0.1, 0.15) is 22.3 Å². The number of aryl methyl sites for hydroxylation is 1. The van der Waals surface area contributed by atoms with Crippen LogP contribution in [0.3, 0.4) is 0 Å². The third-order valence-corrected chi connectivity index (χ3v) is 2.66. The molecule has 0 unspecified atom stereocenters. The van der Waals surface area contributed by atoms with E-state index in [1.54, 1.807) is 19.2 Å². The van der Waals surface area contributed by atoms with Crippen molar-refractivity contribution in [3.8, 4) is 5.75 Å². The van der Waals surface area contributed by atoms with Crippen LogP contribution in [-0.4, -0.2) is 18.6 Å². The first-order chi connectivity index (χ1) is 7.10. The molecule has 0 bridgehead atoms. The summed E-state index contributed by atoms with van der Waals surface area (Å²) in [4.78, 5) is 11.7. The Hall–Kier alpha value is -0.670. The Morgan fingerprint density at radius 1 is 1.53 bits per heavy atom. The highest BCUT2D eigenvalue weighted by molar-refractivity contribution is 7.80. The lowest BCUT2D eigenvalue weighted by Gasteiger charge is -2.08. The minimum atomic E-state index is 0.0621. The van der Waals surface area contributed by atoms with Crippen LogP contribution in [0.4, 0.5) is 0 Å². The summed E-state index contributed by atoms with van der Waals surface area (Å²) in [6.07, 6.45) is 0.423. The molecule has 0 spiro atoms. The number of ether oxygens (including phenoxy) is 1. The molecule has 1 aromatic carbocycles. The van der Waals surface area contributed by atoms with Gasteiger partial charge >= 0.3 is 0 Å². The molecule has 82 valence electrons. The first-order valence-corrected chi connectivity index (χ1v) is 5.59. The van der Waals surface area contributed by atoms with Crippen LogP contribution < -0.4 is 4.74 Å². The Labute approximate surface area is 100.0 Å². The zero-order valence-electron chi connectivity index (χ0n) is 8.71. The molecule has 0 aliphatic carbocycles. The highest BCUT2D eigenvalue weighted by Crippen LogP contribution is 2.28. The monoisotopic (exact) mass is 244 g/mol. The summed E-state index contributed by atoms with van der Waals surface area (Å²) >= 11 is 9.98. The lowest BCUT2D eigenvalue weighted by molar-refractivity contribution is 0.0989. The molecule has 4 heteroatoms. The first-order valence-electron chi connectivity index (χ1n) is 4.58. The van der Waals surface area contributed by atoms with Crippen molar-refractivity contribution < 1.29 is 9.53 Å². The third-order valence-electron chi connectivity index (χ3n) is 2.14. The van der Waals surface area contributed by atoms with E-state index in [0.29, 0.717) is 28.5 Å². The summed E-state index contributed by atoms with van der Waals surface area (Å²) in [5.74, 6) is 1.20. The van der Waals surface area contributed by atoms with Gasteiger partial charge in [-0.15, -0.1) is 0 Å². The second-order valence-electron chi connectivity index (χ2n) is 3.20. The number of carbonyl (C=O) groups excluding carboxylic acids is 1. The van der Waals surface area contributed by atoms with E-state index < -0.39 is 0 Å². The number of rotatable bonds is 4. The van der Waals surface area contributed by atoms with Gasteiger partial charge in [0.1, 0.15) is 5.75 Å². The van der Waals surface area contributed by atoms with Gasteiger partial charge in [-0.2, -0.15) is 12.6 Å². The molecule has 0 saturated heterocycles. The maximum atomic E-state index is 11.7. The fourth-order valence-electron chi connectivity index (χ4n) is 1.35. The molecule has 0 aliphatic rings. The van der Waals surface area contributed by atoms with Crippen molar-refractivity contribution >= 4 is 30.0 Å². The number of Topliss-reactive ketones (excluding diaryl/α,β-unsaturated/α-hetero) is 1. The van der Waals surface area contributed by atoms with Crippen LogP contribution in [0, 0.1) is 6.92 Å². The zero-order valence-corrected chi connectivity index (χ0v) is 10.4. The topological polar surface area (TPSA) is 26.3 Å². The van der Waals surface area contributed by atoms with E-state index in [1.165, 1.54) is 0 Å². The normalized spacial score (nSPS) is 10.1. The average Bonchev–Trinajstić information content (AvgIpc) is 2.21. The van der Waals surface area contributed by atoms with Gasteiger partial charge in [-0.3, -0.25) is 4.79 Å². The Bertz CT molecular complexity index is 377. The summed E-state index contributed by atoms with van der Waals surface area (Å²) in [6.45, 7) is 1.87. The lowest BCUT2D eigenvalue weighted by Crippen LogP contribution is -2.03. The van der Waals surface area contributed by atoms with Crippen LogP contribution in [-0.2, 0) is 0 Å². The van der Waals surface area contributed by atoms with Crippen LogP contribution in [0.25, 0.3) is 0 Å². The summed E-state index contributed by atoms with van der Waals surface area (Å²) in [6, 6.07) is 3.43. The van der Waals surface area contributed by atoms with E-state index in [9.17, 15) is 4.79 Å². The molecule has 0 amide bonds. The first kappa shape index (κ1) is 12.4. The van der Waals surface area contributed by atoms with Crippen molar-refractivity contribution in [2.24, 2.45) is 0 Å². The zero-order chi connectivity index (χ0) is 11.4. The van der Waals surface area contributed by atoms with E-state index in [1.807, 2.05) is 6.92 Å². The van der Waals surface area contributed by atoms with Gasteiger partial charge < -0.3 is 4.74 Å². The fourth-order valence-corrected chi connectivity index (χ4v) is 1.79.